The first kappa shape index (κ1) is 17.2. The van der Waals surface area contributed by atoms with Crippen LogP contribution in [0.25, 0.3) is 16.6 Å². The van der Waals surface area contributed by atoms with Gasteiger partial charge in [0.25, 0.3) is 0 Å². The second kappa shape index (κ2) is 6.85. The molecule has 0 aliphatic heterocycles. The third-order valence-electron chi connectivity index (χ3n) is 5.16. The van der Waals surface area contributed by atoms with Crippen molar-refractivity contribution in [3.8, 4) is 6.07 Å². The van der Waals surface area contributed by atoms with Crippen molar-refractivity contribution in [3.63, 3.8) is 0 Å². The van der Waals surface area contributed by atoms with Crippen LogP contribution in [0.5, 0.6) is 0 Å². The molecule has 0 bridgehead atoms. The molecule has 0 saturated carbocycles. The van der Waals surface area contributed by atoms with Gasteiger partial charge in [0.2, 0.25) is 0 Å². The van der Waals surface area contributed by atoms with E-state index in [-0.39, 0.29) is 5.92 Å². The highest BCUT2D eigenvalue weighted by molar-refractivity contribution is 5.87. The molecule has 4 nitrogen and oxygen atoms in total. The summed E-state index contributed by atoms with van der Waals surface area (Å²) in [6.07, 6.45) is 6.88. The Kier molecular flexibility index (Phi) is 4.37. The molecule has 27 heavy (non-hydrogen) atoms. The van der Waals surface area contributed by atoms with Crippen LogP contribution in [0.3, 0.4) is 0 Å². The van der Waals surface area contributed by atoms with Gasteiger partial charge in [0.15, 0.2) is 0 Å². The normalized spacial score (nSPS) is 12.6. The Labute approximate surface area is 159 Å². The van der Waals surface area contributed by atoms with Crippen molar-refractivity contribution >= 4 is 16.6 Å². The maximum absolute atomic E-state index is 9.34. The predicted octanol–water partition coefficient (Wildman–Crippen LogP) is 5.22. The summed E-state index contributed by atoms with van der Waals surface area (Å²) in [4.78, 5) is 9.21. The summed E-state index contributed by atoms with van der Waals surface area (Å²) in [6.45, 7) is 6.60. The molecule has 0 aliphatic carbocycles. The summed E-state index contributed by atoms with van der Waals surface area (Å²) in [5.41, 5.74) is 5.97. The third-order valence-corrected chi connectivity index (χ3v) is 5.16. The molecule has 1 aromatic carbocycles. The molecule has 0 amide bonds. The van der Waals surface area contributed by atoms with Crippen LogP contribution in [0.2, 0.25) is 0 Å². The second-order valence-corrected chi connectivity index (χ2v) is 7.43. The standard InChI is InChI=1S/C23H22N4/c1-15(2)18-7-9-22-26-19(14-27(22)13-18)11-16(3)20-8-6-17(12-24)23-21(20)5-4-10-25-23/h4-10,13-16H,11H2,1-3H3/t16-/m0/s1. The number of nitrogens with zero attached hydrogens (tertiary/aromatic N) is 4. The minimum absolute atomic E-state index is 0.277. The highest BCUT2D eigenvalue weighted by Gasteiger charge is 2.15. The van der Waals surface area contributed by atoms with Crippen molar-refractivity contribution in [2.24, 2.45) is 0 Å². The van der Waals surface area contributed by atoms with E-state index in [9.17, 15) is 5.26 Å². The lowest BCUT2D eigenvalue weighted by molar-refractivity contribution is 0.751. The van der Waals surface area contributed by atoms with Gasteiger partial charge in [-0.2, -0.15) is 5.26 Å². The van der Waals surface area contributed by atoms with Gasteiger partial charge >= 0.3 is 0 Å². The van der Waals surface area contributed by atoms with Crippen molar-refractivity contribution < 1.29 is 0 Å². The summed E-state index contributed by atoms with van der Waals surface area (Å²) in [5.74, 6) is 0.774. The Hall–Kier alpha value is -3.19. The van der Waals surface area contributed by atoms with Gasteiger partial charge in [0.1, 0.15) is 11.7 Å². The number of hydrogen-bond donors (Lipinski definition) is 0. The molecule has 4 heteroatoms. The van der Waals surface area contributed by atoms with Crippen LogP contribution in [0.4, 0.5) is 0 Å². The first-order valence-electron chi connectivity index (χ1n) is 9.32. The van der Waals surface area contributed by atoms with E-state index in [0.717, 1.165) is 28.7 Å². The maximum Gasteiger partial charge on any atom is 0.136 e. The van der Waals surface area contributed by atoms with E-state index < -0.39 is 0 Å². The first-order chi connectivity index (χ1) is 13.1. The minimum atomic E-state index is 0.277. The van der Waals surface area contributed by atoms with Crippen molar-refractivity contribution in [2.75, 3.05) is 0 Å². The van der Waals surface area contributed by atoms with Gasteiger partial charge in [0, 0.05) is 24.0 Å². The van der Waals surface area contributed by atoms with Gasteiger partial charge in [-0.15, -0.1) is 0 Å². The largest absolute Gasteiger partial charge is 0.307 e. The Balaban J connectivity index is 1.68. The average Bonchev–Trinajstić information content (AvgIpc) is 3.08. The molecule has 3 aromatic heterocycles. The van der Waals surface area contributed by atoms with Crippen molar-refractivity contribution in [3.05, 3.63) is 77.4 Å². The minimum Gasteiger partial charge on any atom is -0.307 e. The van der Waals surface area contributed by atoms with Crippen molar-refractivity contribution in [1.29, 1.82) is 5.26 Å². The molecule has 0 fully saturated rings. The third kappa shape index (κ3) is 3.17. The lowest BCUT2D eigenvalue weighted by Gasteiger charge is -2.14. The fourth-order valence-electron chi connectivity index (χ4n) is 3.64. The summed E-state index contributed by atoms with van der Waals surface area (Å²) in [5, 5.41) is 10.4. The maximum atomic E-state index is 9.34. The predicted molar refractivity (Wildman–Crippen MR) is 108 cm³/mol. The molecule has 0 aliphatic rings. The SMILES string of the molecule is CC(C)c1ccc2nc(C[C@H](C)c3ccc(C#N)c4ncccc34)cn2c1. The van der Waals surface area contributed by atoms with Crippen LogP contribution in [0, 0.1) is 11.3 Å². The quantitative estimate of drug-likeness (QED) is 0.504. The van der Waals surface area contributed by atoms with Gasteiger partial charge in [0.05, 0.1) is 16.8 Å². The van der Waals surface area contributed by atoms with Crippen LogP contribution >= 0.6 is 0 Å². The molecule has 1 atom stereocenters. The molecular formula is C23H22N4. The zero-order valence-corrected chi connectivity index (χ0v) is 15.8. The summed E-state index contributed by atoms with van der Waals surface area (Å²) in [7, 11) is 0. The van der Waals surface area contributed by atoms with Crippen LogP contribution < -0.4 is 0 Å². The number of fused-ring (bicyclic) bond motifs is 2. The number of imidazole rings is 1. The monoisotopic (exact) mass is 354 g/mol. The fourth-order valence-corrected chi connectivity index (χ4v) is 3.64. The number of hydrogen-bond acceptors (Lipinski definition) is 3. The smallest absolute Gasteiger partial charge is 0.136 e. The lowest BCUT2D eigenvalue weighted by atomic mass is 9.91. The van der Waals surface area contributed by atoms with E-state index in [1.807, 2.05) is 18.2 Å². The Morgan fingerprint density at radius 3 is 2.70 bits per heavy atom. The number of aromatic nitrogens is 3. The molecule has 0 radical (unpaired) electrons. The fraction of sp³-hybridized carbons (Fsp3) is 0.261. The summed E-state index contributed by atoms with van der Waals surface area (Å²) in [6, 6.07) is 14.4. The average molecular weight is 354 g/mol. The number of benzene rings is 1. The van der Waals surface area contributed by atoms with Gasteiger partial charge < -0.3 is 4.40 Å². The Morgan fingerprint density at radius 1 is 1.07 bits per heavy atom. The van der Waals surface area contributed by atoms with Crippen LogP contribution in [-0.2, 0) is 6.42 Å². The van der Waals surface area contributed by atoms with Gasteiger partial charge in [-0.05, 0) is 47.6 Å². The summed E-state index contributed by atoms with van der Waals surface area (Å²) < 4.78 is 2.12. The highest BCUT2D eigenvalue weighted by atomic mass is 15.0. The molecule has 0 unspecified atom stereocenters. The van der Waals surface area contributed by atoms with Crippen LogP contribution in [0.15, 0.2) is 55.0 Å². The number of pyridine rings is 2. The van der Waals surface area contributed by atoms with E-state index in [1.165, 1.54) is 11.1 Å². The van der Waals surface area contributed by atoms with Gasteiger partial charge in [-0.1, -0.05) is 39.0 Å². The Bertz CT molecular complexity index is 1160. The van der Waals surface area contributed by atoms with Crippen molar-refractivity contribution in [2.45, 2.75) is 39.0 Å². The highest BCUT2D eigenvalue weighted by Crippen LogP contribution is 2.29. The van der Waals surface area contributed by atoms with Gasteiger partial charge in [-0.3, -0.25) is 4.98 Å². The zero-order chi connectivity index (χ0) is 19.0. The van der Waals surface area contributed by atoms with E-state index in [2.05, 4.69) is 66.8 Å². The van der Waals surface area contributed by atoms with E-state index in [1.54, 1.807) is 6.20 Å². The number of nitriles is 1. The zero-order valence-electron chi connectivity index (χ0n) is 15.8. The topological polar surface area (TPSA) is 54.0 Å². The van der Waals surface area contributed by atoms with E-state index in [4.69, 9.17) is 4.98 Å². The molecule has 3 heterocycles. The summed E-state index contributed by atoms with van der Waals surface area (Å²) >= 11 is 0. The number of rotatable bonds is 4. The molecule has 4 rings (SSSR count). The van der Waals surface area contributed by atoms with E-state index >= 15 is 0 Å². The lowest BCUT2D eigenvalue weighted by Crippen LogP contribution is -2.01. The molecule has 4 aromatic rings. The molecule has 134 valence electrons. The molecular weight excluding hydrogens is 332 g/mol. The first-order valence-corrected chi connectivity index (χ1v) is 9.32. The van der Waals surface area contributed by atoms with E-state index in [0.29, 0.717) is 11.5 Å². The van der Waals surface area contributed by atoms with Crippen LogP contribution in [-0.4, -0.2) is 14.4 Å². The molecule has 0 saturated heterocycles. The van der Waals surface area contributed by atoms with Gasteiger partial charge in [-0.25, -0.2) is 4.98 Å². The Morgan fingerprint density at radius 2 is 1.93 bits per heavy atom. The second-order valence-electron chi connectivity index (χ2n) is 7.43. The molecule has 0 N–H and O–H groups in total. The molecule has 0 spiro atoms. The van der Waals surface area contributed by atoms with Crippen LogP contribution in [0.1, 0.15) is 55.0 Å². The van der Waals surface area contributed by atoms with Crippen molar-refractivity contribution in [1.82, 2.24) is 14.4 Å².